The number of carboxylic acid groups (broad SMARTS) is 1. The van der Waals surface area contributed by atoms with Gasteiger partial charge in [0.15, 0.2) is 5.82 Å². The fourth-order valence-electron chi connectivity index (χ4n) is 1.70. The minimum Gasteiger partial charge on any atom is -0.500 e. The molecule has 0 amide bonds. The molecule has 0 radical (unpaired) electrons. The molecule has 0 fully saturated rings. The maximum Gasteiger partial charge on any atom is 0.387 e. The number of carboxylic acids is 1. The molecule has 0 aliphatic heterocycles. The second-order valence-electron chi connectivity index (χ2n) is 4.25. The molecular weight excluding hydrogens is 377 g/mol. The molecule has 0 aromatic heterocycles. The lowest BCUT2D eigenvalue weighted by Crippen LogP contribution is -2.19. The number of Topliss-reactive ketones (excluding diaryl/α,β-unsaturated/α-hetero) is 1. The van der Waals surface area contributed by atoms with E-state index in [0.717, 1.165) is 0 Å². The standard InChI is InChI=1S/C13H8F5NO7/c1-2-25-3-4(12(21)22)10(20)5-6(14)11(26-13(17)18)8(16)7(15)9(5)19(23)24/h3,13H,2H2,1H3,(H,21,22). The highest BCUT2D eigenvalue weighted by Gasteiger charge is 2.40. The fourth-order valence-corrected chi connectivity index (χ4v) is 1.70. The van der Waals surface area contributed by atoms with Gasteiger partial charge in [0.1, 0.15) is 17.4 Å². The van der Waals surface area contributed by atoms with E-state index in [-0.39, 0.29) is 12.9 Å². The summed E-state index contributed by atoms with van der Waals surface area (Å²) in [5.74, 6) is -13.5. The SMILES string of the molecule is CCOC=C(C(=O)O)C(=O)c1c(F)c(OC(F)F)c(F)c(F)c1[N+](=O)[O-]. The molecule has 1 aromatic rings. The van der Waals surface area contributed by atoms with Crippen LogP contribution in [0.2, 0.25) is 0 Å². The number of ketones is 1. The lowest BCUT2D eigenvalue weighted by molar-refractivity contribution is -0.388. The van der Waals surface area contributed by atoms with Gasteiger partial charge in [-0.1, -0.05) is 0 Å². The largest absolute Gasteiger partial charge is 0.500 e. The number of halogens is 5. The number of hydrogen-bond donors (Lipinski definition) is 1. The van der Waals surface area contributed by atoms with Gasteiger partial charge >= 0.3 is 18.3 Å². The quantitative estimate of drug-likeness (QED) is 0.0842. The van der Waals surface area contributed by atoms with Crippen molar-refractivity contribution in [2.45, 2.75) is 13.5 Å². The molecule has 0 saturated heterocycles. The molecule has 1 aromatic carbocycles. The molecule has 0 unspecified atom stereocenters. The van der Waals surface area contributed by atoms with E-state index in [4.69, 9.17) is 5.11 Å². The van der Waals surface area contributed by atoms with Gasteiger partial charge in [0.25, 0.3) is 0 Å². The molecule has 0 atom stereocenters. The first-order valence-corrected chi connectivity index (χ1v) is 6.43. The zero-order chi connectivity index (χ0) is 20.2. The Balaban J connectivity index is 3.82. The van der Waals surface area contributed by atoms with Gasteiger partial charge in [-0.15, -0.1) is 0 Å². The number of rotatable bonds is 8. The topological polar surface area (TPSA) is 116 Å². The summed E-state index contributed by atoms with van der Waals surface area (Å²) in [5.41, 5.74) is -5.41. The summed E-state index contributed by atoms with van der Waals surface area (Å²) in [6.07, 6.45) is 0.280. The number of nitrogens with zero attached hydrogens (tertiary/aromatic N) is 1. The maximum atomic E-state index is 14.2. The van der Waals surface area contributed by atoms with Crippen molar-refractivity contribution in [1.82, 2.24) is 0 Å². The number of aliphatic carboxylic acids is 1. The van der Waals surface area contributed by atoms with Gasteiger partial charge in [-0.05, 0) is 6.92 Å². The maximum absolute atomic E-state index is 14.2. The minimum absolute atomic E-state index is 0.174. The van der Waals surface area contributed by atoms with Crippen LogP contribution in [0, 0.1) is 27.6 Å². The molecule has 26 heavy (non-hydrogen) atoms. The Bertz CT molecular complexity index is 794. The molecule has 8 nitrogen and oxygen atoms in total. The van der Waals surface area contributed by atoms with Crippen LogP contribution >= 0.6 is 0 Å². The first-order chi connectivity index (χ1) is 12.0. The first kappa shape index (κ1) is 20.8. The van der Waals surface area contributed by atoms with Crippen LogP contribution < -0.4 is 4.74 Å². The van der Waals surface area contributed by atoms with E-state index in [0.29, 0.717) is 0 Å². The Morgan fingerprint density at radius 1 is 1.23 bits per heavy atom. The normalized spacial score (nSPS) is 11.4. The Kier molecular flexibility index (Phi) is 6.58. The third kappa shape index (κ3) is 4.04. The van der Waals surface area contributed by atoms with E-state index < -0.39 is 63.3 Å². The third-order valence-corrected chi connectivity index (χ3v) is 2.72. The third-order valence-electron chi connectivity index (χ3n) is 2.72. The van der Waals surface area contributed by atoms with E-state index >= 15 is 0 Å². The Hall–Kier alpha value is -3.25. The van der Waals surface area contributed by atoms with Crippen LogP contribution in [-0.2, 0) is 9.53 Å². The average Bonchev–Trinajstić information content (AvgIpc) is 2.53. The van der Waals surface area contributed by atoms with Crippen LogP contribution in [0.3, 0.4) is 0 Å². The van der Waals surface area contributed by atoms with Gasteiger partial charge < -0.3 is 14.6 Å². The molecule has 142 valence electrons. The van der Waals surface area contributed by atoms with Gasteiger partial charge in [0, 0.05) is 0 Å². The molecule has 13 heteroatoms. The van der Waals surface area contributed by atoms with Crippen molar-refractivity contribution in [2.75, 3.05) is 6.61 Å². The molecule has 0 bridgehead atoms. The molecular formula is C13H8F5NO7. The first-order valence-electron chi connectivity index (χ1n) is 6.43. The Morgan fingerprint density at radius 2 is 1.81 bits per heavy atom. The van der Waals surface area contributed by atoms with Crippen molar-refractivity contribution in [1.29, 1.82) is 0 Å². The van der Waals surface area contributed by atoms with Crippen LogP contribution in [0.25, 0.3) is 0 Å². The summed E-state index contributed by atoms with van der Waals surface area (Å²) in [7, 11) is 0. The van der Waals surface area contributed by atoms with Crippen molar-refractivity contribution in [3.63, 3.8) is 0 Å². The molecule has 0 spiro atoms. The predicted octanol–water partition coefficient (Wildman–Crippen LogP) is 2.80. The van der Waals surface area contributed by atoms with Gasteiger partial charge in [0.05, 0.1) is 11.5 Å². The van der Waals surface area contributed by atoms with Gasteiger partial charge in [-0.3, -0.25) is 14.9 Å². The second kappa shape index (κ2) is 8.22. The number of carbonyl (C=O) groups is 2. The number of carbonyl (C=O) groups excluding carboxylic acids is 1. The summed E-state index contributed by atoms with van der Waals surface area (Å²) >= 11 is 0. The van der Waals surface area contributed by atoms with Crippen molar-refractivity contribution in [3.05, 3.63) is 45.0 Å². The van der Waals surface area contributed by atoms with Crippen molar-refractivity contribution in [3.8, 4) is 5.75 Å². The van der Waals surface area contributed by atoms with E-state index in [9.17, 15) is 41.7 Å². The summed E-state index contributed by atoms with van der Waals surface area (Å²) in [5, 5.41) is 19.8. The van der Waals surface area contributed by atoms with Gasteiger partial charge in [-0.25, -0.2) is 9.18 Å². The number of nitro groups is 1. The predicted molar refractivity (Wildman–Crippen MR) is 71.3 cm³/mol. The van der Waals surface area contributed by atoms with Gasteiger partial charge in [-0.2, -0.15) is 17.6 Å². The lowest BCUT2D eigenvalue weighted by atomic mass is 10.0. The highest BCUT2D eigenvalue weighted by Crippen LogP contribution is 2.37. The summed E-state index contributed by atoms with van der Waals surface area (Å²) in [4.78, 5) is 32.3. The molecule has 0 saturated carbocycles. The van der Waals surface area contributed by atoms with Crippen LogP contribution in [0.15, 0.2) is 11.8 Å². The van der Waals surface area contributed by atoms with Crippen LogP contribution in [-0.4, -0.2) is 35.0 Å². The second-order valence-corrected chi connectivity index (χ2v) is 4.25. The highest BCUT2D eigenvalue weighted by molar-refractivity contribution is 6.25. The summed E-state index contributed by atoms with van der Waals surface area (Å²) in [6, 6.07) is 0. The van der Waals surface area contributed by atoms with Crippen molar-refractivity contribution >= 4 is 17.4 Å². The number of benzene rings is 1. The number of alkyl halides is 2. The fraction of sp³-hybridized carbons (Fsp3) is 0.231. The number of ether oxygens (including phenoxy) is 2. The summed E-state index contributed by atoms with van der Waals surface area (Å²) in [6.45, 7) is -2.69. The van der Waals surface area contributed by atoms with E-state index in [1.165, 1.54) is 6.92 Å². The van der Waals surface area contributed by atoms with E-state index in [1.54, 1.807) is 0 Å². The van der Waals surface area contributed by atoms with Crippen LogP contribution in [0.5, 0.6) is 5.75 Å². The van der Waals surface area contributed by atoms with Crippen molar-refractivity contribution in [2.24, 2.45) is 0 Å². The lowest BCUT2D eigenvalue weighted by Gasteiger charge is -2.12. The zero-order valence-electron chi connectivity index (χ0n) is 12.6. The molecule has 0 aliphatic rings. The van der Waals surface area contributed by atoms with Gasteiger partial charge in [0.2, 0.25) is 23.2 Å². The smallest absolute Gasteiger partial charge is 0.387 e. The Morgan fingerprint density at radius 3 is 2.23 bits per heavy atom. The van der Waals surface area contributed by atoms with Crippen LogP contribution in [0.4, 0.5) is 27.6 Å². The molecule has 0 heterocycles. The molecule has 0 aliphatic carbocycles. The zero-order valence-corrected chi connectivity index (χ0v) is 12.6. The highest BCUT2D eigenvalue weighted by atomic mass is 19.3. The average molecular weight is 385 g/mol. The monoisotopic (exact) mass is 385 g/mol. The van der Waals surface area contributed by atoms with E-state index in [2.05, 4.69) is 9.47 Å². The van der Waals surface area contributed by atoms with Crippen LogP contribution in [0.1, 0.15) is 17.3 Å². The number of nitro benzene ring substituents is 1. The molecule has 1 N–H and O–H groups in total. The van der Waals surface area contributed by atoms with Crippen molar-refractivity contribution < 1.29 is 51.0 Å². The Labute approximate surface area is 140 Å². The molecule has 1 rings (SSSR count). The minimum atomic E-state index is -3.87. The number of hydrogen-bond acceptors (Lipinski definition) is 6. The summed E-state index contributed by atoms with van der Waals surface area (Å²) < 4.78 is 74.1. The van der Waals surface area contributed by atoms with E-state index in [1.807, 2.05) is 0 Å².